The van der Waals surface area contributed by atoms with Crippen molar-refractivity contribution in [2.24, 2.45) is 5.73 Å². The number of ether oxygens (including phenoxy) is 2. The maximum absolute atomic E-state index is 12.1. The lowest BCUT2D eigenvalue weighted by Crippen LogP contribution is -2.46. The Hall–Kier alpha value is -3.23. The third-order valence-corrected chi connectivity index (χ3v) is 7.58. The molecule has 2 aliphatic rings. The van der Waals surface area contributed by atoms with Gasteiger partial charge in [0.2, 0.25) is 12.2 Å². The number of nitrogens with two attached hydrogens (primary N) is 1. The largest absolute Gasteiger partial charge is 0.457 e. The Labute approximate surface area is 210 Å². The number of amides is 2. The molecule has 2 aromatic carbocycles. The minimum Gasteiger partial charge on any atom is -0.457 e. The zero-order valence-corrected chi connectivity index (χ0v) is 20.7. The topological polar surface area (TPSA) is 71.3 Å². The van der Waals surface area contributed by atoms with Crippen LogP contribution in [0.4, 0.5) is 10.5 Å². The molecule has 8 heteroatoms. The smallest absolute Gasteiger partial charge is 0.319 e. The summed E-state index contributed by atoms with van der Waals surface area (Å²) in [5.41, 5.74) is 7.85. The minimum atomic E-state index is -0.389. The van der Waals surface area contributed by atoms with E-state index in [9.17, 15) is 4.79 Å². The summed E-state index contributed by atoms with van der Waals surface area (Å²) in [6.07, 6.45) is 4.18. The van der Waals surface area contributed by atoms with Crippen LogP contribution in [0.5, 0.6) is 0 Å². The molecule has 1 saturated heterocycles. The lowest BCUT2D eigenvalue weighted by Gasteiger charge is -2.35. The van der Waals surface area contributed by atoms with Crippen molar-refractivity contribution in [2.75, 3.05) is 44.2 Å². The second-order valence-electron chi connectivity index (χ2n) is 8.97. The summed E-state index contributed by atoms with van der Waals surface area (Å²) in [5.74, 6) is 0.839. The van der Waals surface area contributed by atoms with E-state index in [2.05, 4.69) is 34.1 Å². The van der Waals surface area contributed by atoms with Gasteiger partial charge in [-0.15, -0.1) is 11.3 Å². The Morgan fingerprint density at radius 2 is 1.80 bits per heavy atom. The average Bonchev–Trinajstić information content (AvgIpc) is 3.52. The minimum absolute atomic E-state index is 0.251. The number of carbonyl (C=O) groups excluding carboxylic acids is 1. The highest BCUT2D eigenvalue weighted by atomic mass is 32.1. The van der Waals surface area contributed by atoms with Crippen molar-refractivity contribution in [2.45, 2.75) is 25.6 Å². The van der Waals surface area contributed by atoms with Crippen LogP contribution in [0.15, 0.2) is 72.1 Å². The predicted octanol–water partition coefficient (Wildman–Crippen LogP) is 4.60. The van der Waals surface area contributed by atoms with Gasteiger partial charge in [-0.2, -0.15) is 0 Å². The van der Waals surface area contributed by atoms with Gasteiger partial charge < -0.3 is 20.1 Å². The van der Waals surface area contributed by atoms with E-state index in [-0.39, 0.29) is 12.3 Å². The first-order valence-corrected chi connectivity index (χ1v) is 13.1. The van der Waals surface area contributed by atoms with E-state index >= 15 is 0 Å². The first-order valence-electron chi connectivity index (χ1n) is 12.2. The Kier molecular flexibility index (Phi) is 7.39. The number of fused-ring (bicyclic) bond motifs is 1. The van der Waals surface area contributed by atoms with Crippen molar-refractivity contribution < 1.29 is 14.3 Å². The van der Waals surface area contributed by atoms with Crippen LogP contribution in [0.2, 0.25) is 0 Å². The van der Waals surface area contributed by atoms with Gasteiger partial charge in [0.1, 0.15) is 6.26 Å². The molecule has 1 unspecified atom stereocenters. The SMILES string of the molecule is NC(=O)N(CCCCN1CCN(C2=COC(Cc3ccccc3)O2)CC1)c1csc2ccccc12. The number of thiophene rings is 1. The fraction of sp³-hybridized carbons (Fsp3) is 0.370. The molecule has 0 saturated carbocycles. The van der Waals surface area contributed by atoms with Crippen LogP contribution in [0, 0.1) is 0 Å². The standard InChI is InChI=1S/C27H32N4O3S/c28-27(32)31(23-20-35-24-11-5-4-10-22(23)24)13-7-6-12-29-14-16-30(17-15-29)25-19-33-26(34-25)18-21-8-2-1-3-9-21/h1-5,8-11,19-20,26H,6-7,12-18H2,(H2,28,32). The van der Waals surface area contributed by atoms with Gasteiger partial charge in [0.05, 0.1) is 5.69 Å². The van der Waals surface area contributed by atoms with E-state index in [0.29, 0.717) is 6.54 Å². The van der Waals surface area contributed by atoms with Gasteiger partial charge in [0, 0.05) is 54.6 Å². The van der Waals surface area contributed by atoms with Crippen LogP contribution >= 0.6 is 11.3 Å². The highest BCUT2D eigenvalue weighted by Gasteiger charge is 2.27. The van der Waals surface area contributed by atoms with Gasteiger partial charge in [0.25, 0.3) is 0 Å². The molecule has 0 aliphatic carbocycles. The van der Waals surface area contributed by atoms with Crippen molar-refractivity contribution >= 4 is 33.1 Å². The number of carbonyl (C=O) groups is 1. The number of hydrogen-bond acceptors (Lipinski definition) is 6. The van der Waals surface area contributed by atoms with E-state index in [4.69, 9.17) is 15.2 Å². The number of primary amides is 1. The molecule has 7 nitrogen and oxygen atoms in total. The number of hydrogen-bond donors (Lipinski definition) is 1. The molecule has 35 heavy (non-hydrogen) atoms. The molecule has 1 atom stereocenters. The second-order valence-corrected chi connectivity index (χ2v) is 9.88. The zero-order valence-electron chi connectivity index (χ0n) is 19.8. The molecule has 1 fully saturated rings. The molecule has 5 rings (SSSR count). The summed E-state index contributed by atoms with van der Waals surface area (Å²) in [5, 5.41) is 3.12. The molecule has 2 N–H and O–H groups in total. The van der Waals surface area contributed by atoms with E-state index < -0.39 is 0 Å². The summed E-state index contributed by atoms with van der Waals surface area (Å²) in [7, 11) is 0. The number of urea groups is 1. The van der Waals surface area contributed by atoms with Crippen molar-refractivity contribution in [1.29, 1.82) is 0 Å². The van der Waals surface area contributed by atoms with Crippen molar-refractivity contribution in [1.82, 2.24) is 9.80 Å². The number of benzene rings is 2. The normalized spacial score (nSPS) is 18.2. The Balaban J connectivity index is 1.03. The van der Waals surface area contributed by atoms with Crippen LogP contribution in [-0.4, -0.2) is 61.4 Å². The first kappa shape index (κ1) is 23.5. The summed E-state index contributed by atoms with van der Waals surface area (Å²) < 4.78 is 13.0. The van der Waals surface area contributed by atoms with Gasteiger partial charge in [-0.1, -0.05) is 48.5 Å². The van der Waals surface area contributed by atoms with Crippen LogP contribution in [0.3, 0.4) is 0 Å². The van der Waals surface area contributed by atoms with Gasteiger partial charge in [-0.3, -0.25) is 9.80 Å². The fourth-order valence-corrected chi connectivity index (χ4v) is 5.64. The number of anilines is 1. The molecule has 3 heterocycles. The predicted molar refractivity (Wildman–Crippen MR) is 140 cm³/mol. The third-order valence-electron chi connectivity index (χ3n) is 6.63. The van der Waals surface area contributed by atoms with Crippen molar-refractivity contribution in [3.63, 3.8) is 0 Å². The molecule has 3 aromatic rings. The highest BCUT2D eigenvalue weighted by molar-refractivity contribution is 7.17. The van der Waals surface area contributed by atoms with Crippen molar-refractivity contribution in [3.05, 3.63) is 77.7 Å². The van der Waals surface area contributed by atoms with Crippen molar-refractivity contribution in [3.8, 4) is 0 Å². The quantitative estimate of drug-likeness (QED) is 0.442. The van der Waals surface area contributed by atoms with Gasteiger partial charge in [0.15, 0.2) is 0 Å². The number of unbranched alkanes of at least 4 members (excludes halogenated alkanes) is 1. The summed E-state index contributed by atoms with van der Waals surface area (Å²) in [6.45, 7) is 5.45. The molecule has 0 radical (unpaired) electrons. The molecule has 0 spiro atoms. The van der Waals surface area contributed by atoms with Crippen LogP contribution in [-0.2, 0) is 15.9 Å². The molecule has 2 amide bonds. The molecule has 2 aliphatic heterocycles. The molecular formula is C27H32N4O3S. The van der Waals surface area contributed by atoms with Gasteiger partial charge in [-0.05, 0) is 31.0 Å². The summed E-state index contributed by atoms with van der Waals surface area (Å²) in [6, 6.07) is 18.0. The number of rotatable bonds is 9. The Morgan fingerprint density at radius 1 is 1.03 bits per heavy atom. The average molecular weight is 493 g/mol. The van der Waals surface area contributed by atoms with E-state index in [1.165, 1.54) is 10.3 Å². The molecule has 0 bridgehead atoms. The maximum atomic E-state index is 12.1. The molecular weight excluding hydrogens is 460 g/mol. The van der Waals surface area contributed by atoms with Gasteiger partial charge >= 0.3 is 6.03 Å². The third kappa shape index (κ3) is 5.71. The summed E-state index contributed by atoms with van der Waals surface area (Å²) >= 11 is 1.65. The first-order chi connectivity index (χ1) is 17.2. The zero-order chi connectivity index (χ0) is 24.0. The number of nitrogens with zero attached hydrogens (tertiary/aromatic N) is 3. The van der Waals surface area contributed by atoms with Crippen LogP contribution in [0.1, 0.15) is 18.4 Å². The Bertz CT molecular complexity index is 1160. The van der Waals surface area contributed by atoms with E-state index in [1.54, 1.807) is 22.5 Å². The Morgan fingerprint density at radius 3 is 2.60 bits per heavy atom. The lowest BCUT2D eigenvalue weighted by molar-refractivity contribution is -0.0522. The number of piperazine rings is 1. The monoisotopic (exact) mass is 492 g/mol. The maximum Gasteiger partial charge on any atom is 0.319 e. The van der Waals surface area contributed by atoms with Crippen LogP contribution in [0.25, 0.3) is 10.1 Å². The second kappa shape index (κ2) is 11.0. The van der Waals surface area contributed by atoms with Gasteiger partial charge in [-0.25, -0.2) is 4.79 Å². The van der Waals surface area contributed by atoms with E-state index in [0.717, 1.165) is 68.9 Å². The lowest BCUT2D eigenvalue weighted by atomic mass is 10.1. The molecule has 1 aromatic heterocycles. The van der Waals surface area contributed by atoms with Crippen LogP contribution < -0.4 is 10.6 Å². The molecule has 184 valence electrons. The fourth-order valence-electron chi connectivity index (χ4n) is 4.69. The summed E-state index contributed by atoms with van der Waals surface area (Å²) in [4.78, 5) is 18.6. The van der Waals surface area contributed by atoms with E-state index in [1.807, 2.05) is 35.7 Å². The highest BCUT2D eigenvalue weighted by Crippen LogP contribution is 2.33.